The van der Waals surface area contributed by atoms with Crippen LogP contribution in [0, 0.1) is 11.3 Å². The Morgan fingerprint density at radius 3 is 2.90 bits per heavy atom. The molecule has 0 spiro atoms. The van der Waals surface area contributed by atoms with Gasteiger partial charge in [0.1, 0.15) is 16.5 Å². The summed E-state index contributed by atoms with van der Waals surface area (Å²) in [5.41, 5.74) is -1.67. The molecule has 1 fully saturated rings. The van der Waals surface area contributed by atoms with Crippen LogP contribution in [-0.4, -0.2) is 40.9 Å². The molecule has 0 aromatic carbocycles. The van der Waals surface area contributed by atoms with Crippen LogP contribution in [0.1, 0.15) is 31.9 Å². The summed E-state index contributed by atoms with van der Waals surface area (Å²) >= 11 is 0. The molecule has 1 unspecified atom stereocenters. The molecule has 0 amide bonds. The zero-order valence-corrected chi connectivity index (χ0v) is 12.3. The van der Waals surface area contributed by atoms with Gasteiger partial charge in [0.05, 0.1) is 0 Å². The monoisotopic (exact) mass is 309 g/mol. The highest BCUT2D eigenvalue weighted by atomic mass is 32.2. The van der Waals surface area contributed by atoms with Crippen LogP contribution in [0.25, 0.3) is 0 Å². The largest absolute Gasteiger partial charge is 0.480 e. The van der Waals surface area contributed by atoms with Crippen LogP contribution < -0.4 is 0 Å². The maximum Gasteiger partial charge on any atom is 0.325 e. The van der Waals surface area contributed by atoms with Crippen LogP contribution in [0.15, 0.2) is 23.2 Å². The van der Waals surface area contributed by atoms with Crippen molar-refractivity contribution in [1.82, 2.24) is 9.29 Å². The van der Waals surface area contributed by atoms with Crippen molar-refractivity contribution in [2.45, 2.75) is 36.6 Å². The van der Waals surface area contributed by atoms with E-state index in [9.17, 15) is 18.3 Å². The summed E-state index contributed by atoms with van der Waals surface area (Å²) < 4.78 is 26.5. The van der Waals surface area contributed by atoms with Crippen molar-refractivity contribution >= 4 is 16.0 Å². The second-order valence-corrected chi connectivity index (χ2v) is 6.66. The van der Waals surface area contributed by atoms with Gasteiger partial charge in [0.25, 0.3) is 0 Å². The predicted octanol–water partition coefficient (Wildman–Crippen LogP) is 0.971. The average Bonchev–Trinajstić information content (AvgIpc) is 2.93. The second-order valence-electron chi connectivity index (χ2n) is 4.83. The van der Waals surface area contributed by atoms with Crippen LogP contribution in [0.2, 0.25) is 0 Å². The van der Waals surface area contributed by atoms with Crippen molar-refractivity contribution in [3.63, 3.8) is 0 Å². The van der Waals surface area contributed by atoms with Crippen LogP contribution in [-0.2, 0) is 14.8 Å². The number of hydrogen-bond acceptors (Lipinski definition) is 5. The van der Waals surface area contributed by atoms with Gasteiger partial charge in [-0.2, -0.15) is 9.57 Å². The minimum absolute atomic E-state index is 0.127. The number of aromatic nitrogens is 1. The fourth-order valence-corrected chi connectivity index (χ4v) is 4.68. The zero-order chi connectivity index (χ0) is 15.7. The number of carboxylic acid groups (broad SMARTS) is 1. The smallest absolute Gasteiger partial charge is 0.325 e. The number of pyridine rings is 1. The molecule has 1 N–H and O–H groups in total. The van der Waals surface area contributed by atoms with Gasteiger partial charge in [-0.25, -0.2) is 13.4 Å². The Bertz CT molecular complexity index is 710. The van der Waals surface area contributed by atoms with Gasteiger partial charge in [-0.3, -0.25) is 4.79 Å². The molecule has 1 aromatic rings. The van der Waals surface area contributed by atoms with Crippen molar-refractivity contribution in [3.05, 3.63) is 24.0 Å². The summed E-state index contributed by atoms with van der Waals surface area (Å²) in [7, 11) is -4.08. The van der Waals surface area contributed by atoms with Gasteiger partial charge in [-0.15, -0.1) is 0 Å². The average molecular weight is 309 g/mol. The lowest BCUT2D eigenvalue weighted by Gasteiger charge is -2.32. The number of rotatable bonds is 4. The second kappa shape index (κ2) is 5.42. The molecule has 112 valence electrons. The van der Waals surface area contributed by atoms with Gasteiger partial charge in [-0.1, -0.05) is 6.92 Å². The fraction of sp³-hybridized carbons (Fsp3) is 0.462. The number of sulfonamides is 1. The van der Waals surface area contributed by atoms with E-state index in [2.05, 4.69) is 4.98 Å². The Morgan fingerprint density at radius 2 is 2.33 bits per heavy atom. The highest BCUT2D eigenvalue weighted by Gasteiger charge is 2.52. The van der Waals surface area contributed by atoms with E-state index in [0.29, 0.717) is 6.42 Å². The maximum absolute atomic E-state index is 12.8. The van der Waals surface area contributed by atoms with Crippen molar-refractivity contribution in [2.75, 3.05) is 6.54 Å². The normalized spacial score (nSPS) is 22.9. The number of nitriles is 1. The lowest BCUT2D eigenvalue weighted by Crippen LogP contribution is -2.52. The quantitative estimate of drug-likeness (QED) is 0.887. The fourth-order valence-electron chi connectivity index (χ4n) is 2.72. The van der Waals surface area contributed by atoms with Crippen LogP contribution in [0.5, 0.6) is 0 Å². The van der Waals surface area contributed by atoms with Gasteiger partial charge in [-0.05, 0) is 31.4 Å². The van der Waals surface area contributed by atoms with Gasteiger partial charge in [0.15, 0.2) is 5.69 Å². The Kier molecular flexibility index (Phi) is 3.98. The lowest BCUT2D eigenvalue weighted by atomic mass is 9.95. The summed E-state index contributed by atoms with van der Waals surface area (Å²) in [5.74, 6) is -1.16. The van der Waals surface area contributed by atoms with E-state index in [1.54, 1.807) is 13.0 Å². The molecule has 0 saturated carbocycles. The van der Waals surface area contributed by atoms with Gasteiger partial charge in [0.2, 0.25) is 10.0 Å². The van der Waals surface area contributed by atoms with E-state index in [1.807, 2.05) is 0 Å². The first kappa shape index (κ1) is 15.4. The van der Waals surface area contributed by atoms with E-state index >= 15 is 0 Å². The van der Waals surface area contributed by atoms with E-state index in [1.165, 1.54) is 18.3 Å². The van der Waals surface area contributed by atoms with Crippen LogP contribution in [0.4, 0.5) is 0 Å². The van der Waals surface area contributed by atoms with E-state index < -0.39 is 21.5 Å². The van der Waals surface area contributed by atoms with Gasteiger partial charge in [0, 0.05) is 12.7 Å². The molecule has 1 aliphatic heterocycles. The minimum Gasteiger partial charge on any atom is -0.480 e. The van der Waals surface area contributed by atoms with Gasteiger partial charge < -0.3 is 5.11 Å². The highest BCUT2D eigenvalue weighted by molar-refractivity contribution is 7.89. The van der Waals surface area contributed by atoms with E-state index in [4.69, 9.17) is 5.26 Å². The molecule has 2 rings (SSSR count). The molecule has 7 nitrogen and oxygen atoms in total. The molecular formula is C13H15N3O4S. The van der Waals surface area contributed by atoms with Crippen molar-refractivity contribution < 1.29 is 18.3 Å². The lowest BCUT2D eigenvalue weighted by molar-refractivity contribution is -0.147. The summed E-state index contributed by atoms with van der Waals surface area (Å²) in [5, 5.41) is 18.5. The Labute approximate surface area is 122 Å². The predicted molar refractivity (Wildman–Crippen MR) is 72.7 cm³/mol. The molecule has 0 aliphatic carbocycles. The third-order valence-electron chi connectivity index (χ3n) is 3.86. The van der Waals surface area contributed by atoms with Crippen LogP contribution in [0.3, 0.4) is 0 Å². The summed E-state index contributed by atoms with van der Waals surface area (Å²) in [6.45, 7) is 1.78. The maximum atomic E-state index is 12.8. The molecule has 1 saturated heterocycles. The molecular weight excluding hydrogens is 294 g/mol. The van der Waals surface area contributed by atoms with Crippen molar-refractivity contribution in [1.29, 1.82) is 5.26 Å². The minimum atomic E-state index is -4.08. The number of carbonyl (C=O) groups is 1. The molecule has 0 bridgehead atoms. The Morgan fingerprint density at radius 1 is 1.62 bits per heavy atom. The third kappa shape index (κ3) is 2.28. The molecule has 0 radical (unpaired) electrons. The molecule has 1 aliphatic rings. The molecule has 1 aromatic heterocycles. The Balaban J connectivity index is 2.59. The van der Waals surface area contributed by atoms with E-state index in [-0.39, 0.29) is 30.0 Å². The molecule has 2 heterocycles. The standard InChI is InChI=1S/C13H15N3O4S/c1-2-13(12(17)18)6-4-8-16(13)21(19,20)11-5-3-7-15-10(11)9-14/h3,5,7H,2,4,6,8H2,1H3,(H,17,18). The Hall–Kier alpha value is -1.98. The van der Waals surface area contributed by atoms with Crippen molar-refractivity contribution in [3.8, 4) is 6.07 Å². The topological polar surface area (TPSA) is 111 Å². The SMILES string of the molecule is CCC1(C(=O)O)CCCN1S(=O)(=O)c1cccnc1C#N. The number of nitrogens with zero attached hydrogens (tertiary/aromatic N) is 3. The third-order valence-corrected chi connectivity index (χ3v) is 5.85. The van der Waals surface area contributed by atoms with Gasteiger partial charge >= 0.3 is 5.97 Å². The molecule has 8 heteroatoms. The summed E-state index contributed by atoms with van der Waals surface area (Å²) in [6.07, 6.45) is 2.23. The highest BCUT2D eigenvalue weighted by Crippen LogP contribution is 2.37. The molecule has 21 heavy (non-hydrogen) atoms. The number of hydrogen-bond donors (Lipinski definition) is 1. The first-order valence-electron chi connectivity index (χ1n) is 6.51. The number of aliphatic carboxylic acids is 1. The number of carboxylic acids is 1. The first-order chi connectivity index (χ1) is 9.90. The molecule has 1 atom stereocenters. The van der Waals surface area contributed by atoms with Crippen LogP contribution >= 0.6 is 0 Å². The van der Waals surface area contributed by atoms with E-state index in [0.717, 1.165) is 4.31 Å². The first-order valence-corrected chi connectivity index (χ1v) is 7.95. The van der Waals surface area contributed by atoms with Crippen molar-refractivity contribution in [2.24, 2.45) is 0 Å². The summed E-state index contributed by atoms with van der Waals surface area (Å²) in [4.78, 5) is 15.1. The zero-order valence-electron chi connectivity index (χ0n) is 11.5. The summed E-state index contributed by atoms with van der Waals surface area (Å²) in [6, 6.07) is 4.43.